The van der Waals surface area contributed by atoms with Gasteiger partial charge in [0.25, 0.3) is 0 Å². The molecule has 1 N–H and O–H groups in total. The molecule has 0 aliphatic rings. The van der Waals surface area contributed by atoms with Crippen LogP contribution in [0.3, 0.4) is 0 Å². The van der Waals surface area contributed by atoms with Crippen molar-refractivity contribution >= 4 is 21.6 Å². The lowest BCUT2D eigenvalue weighted by atomic mass is 9.85. The van der Waals surface area contributed by atoms with E-state index >= 15 is 0 Å². The molecule has 1 aromatic heterocycles. The molecule has 0 fully saturated rings. The third kappa shape index (κ3) is 4.34. The number of hydrogen-bond donors (Lipinski definition) is 1. The van der Waals surface area contributed by atoms with Gasteiger partial charge in [-0.3, -0.25) is 0 Å². The summed E-state index contributed by atoms with van der Waals surface area (Å²) in [5.41, 5.74) is 2.59. The molecule has 0 aliphatic heterocycles. The SMILES string of the molecule is CC(C)(C)CC(Nc1cccnc1Br)c1ccccc1. The Hall–Kier alpha value is -1.35. The Morgan fingerprint density at radius 3 is 2.40 bits per heavy atom. The highest BCUT2D eigenvalue weighted by Gasteiger charge is 2.20. The maximum atomic E-state index is 4.28. The van der Waals surface area contributed by atoms with Crippen LogP contribution >= 0.6 is 15.9 Å². The highest BCUT2D eigenvalue weighted by atomic mass is 79.9. The van der Waals surface area contributed by atoms with E-state index in [0.717, 1.165) is 16.7 Å². The Labute approximate surface area is 129 Å². The molecule has 0 saturated carbocycles. The fourth-order valence-electron chi connectivity index (χ4n) is 2.23. The van der Waals surface area contributed by atoms with E-state index in [2.05, 4.69) is 83.4 Å². The van der Waals surface area contributed by atoms with Crippen molar-refractivity contribution in [2.45, 2.75) is 33.2 Å². The minimum absolute atomic E-state index is 0.252. The number of nitrogens with zero attached hydrogens (tertiary/aromatic N) is 1. The van der Waals surface area contributed by atoms with Crippen LogP contribution in [0.4, 0.5) is 5.69 Å². The molecule has 0 spiro atoms. The van der Waals surface area contributed by atoms with Gasteiger partial charge in [-0.1, -0.05) is 51.1 Å². The number of rotatable bonds is 4. The van der Waals surface area contributed by atoms with Crippen LogP contribution < -0.4 is 5.32 Å². The Morgan fingerprint density at radius 2 is 1.80 bits per heavy atom. The van der Waals surface area contributed by atoms with Crippen LogP contribution in [0.1, 0.15) is 38.8 Å². The lowest BCUT2D eigenvalue weighted by Crippen LogP contribution is -2.19. The largest absolute Gasteiger partial charge is 0.376 e. The highest BCUT2D eigenvalue weighted by Crippen LogP contribution is 2.33. The molecular weight excluding hydrogens is 312 g/mol. The summed E-state index contributed by atoms with van der Waals surface area (Å²) in [7, 11) is 0. The first kappa shape index (κ1) is 15.0. The monoisotopic (exact) mass is 332 g/mol. The first-order valence-electron chi connectivity index (χ1n) is 6.88. The van der Waals surface area contributed by atoms with Gasteiger partial charge in [-0.05, 0) is 45.5 Å². The van der Waals surface area contributed by atoms with Crippen molar-refractivity contribution < 1.29 is 0 Å². The summed E-state index contributed by atoms with van der Waals surface area (Å²) in [6.45, 7) is 6.80. The van der Waals surface area contributed by atoms with Crippen LogP contribution in [-0.4, -0.2) is 4.98 Å². The van der Waals surface area contributed by atoms with Gasteiger partial charge in [-0.25, -0.2) is 4.98 Å². The average molecular weight is 333 g/mol. The van der Waals surface area contributed by atoms with E-state index in [1.54, 1.807) is 6.20 Å². The molecule has 3 heteroatoms. The Morgan fingerprint density at radius 1 is 1.10 bits per heavy atom. The Balaban J connectivity index is 2.26. The molecule has 0 bridgehead atoms. The van der Waals surface area contributed by atoms with Crippen LogP contribution in [0, 0.1) is 5.41 Å². The maximum absolute atomic E-state index is 4.28. The second kappa shape index (κ2) is 6.40. The second-order valence-corrected chi connectivity index (χ2v) is 6.97. The first-order valence-corrected chi connectivity index (χ1v) is 7.67. The predicted molar refractivity (Wildman–Crippen MR) is 88.8 cm³/mol. The molecule has 2 aromatic rings. The summed E-state index contributed by atoms with van der Waals surface area (Å²) >= 11 is 3.50. The number of hydrogen-bond acceptors (Lipinski definition) is 2. The fourth-order valence-corrected chi connectivity index (χ4v) is 2.60. The summed E-state index contributed by atoms with van der Waals surface area (Å²) in [6, 6.07) is 14.9. The van der Waals surface area contributed by atoms with Gasteiger partial charge in [0.1, 0.15) is 4.60 Å². The fraction of sp³-hybridized carbons (Fsp3) is 0.353. The molecule has 106 valence electrons. The van der Waals surface area contributed by atoms with E-state index in [-0.39, 0.29) is 11.5 Å². The van der Waals surface area contributed by atoms with Crippen molar-refractivity contribution in [3.05, 3.63) is 58.8 Å². The van der Waals surface area contributed by atoms with E-state index in [0.29, 0.717) is 0 Å². The molecule has 2 nitrogen and oxygen atoms in total. The predicted octanol–water partition coefficient (Wildman–Crippen LogP) is 5.43. The molecule has 1 aromatic carbocycles. The zero-order chi connectivity index (χ0) is 14.6. The molecule has 1 heterocycles. The standard InChI is InChI=1S/C17H21BrN2/c1-17(2,3)12-15(13-8-5-4-6-9-13)20-14-10-7-11-19-16(14)18/h4-11,15,20H,12H2,1-3H3. The van der Waals surface area contributed by atoms with Crippen molar-refractivity contribution in [2.24, 2.45) is 5.41 Å². The van der Waals surface area contributed by atoms with Crippen molar-refractivity contribution in [2.75, 3.05) is 5.32 Å². The van der Waals surface area contributed by atoms with Crippen molar-refractivity contribution in [1.82, 2.24) is 4.98 Å². The molecule has 2 rings (SSSR count). The Kier molecular flexibility index (Phi) is 4.81. The number of halogens is 1. The van der Waals surface area contributed by atoms with Gasteiger partial charge in [0.05, 0.1) is 11.7 Å². The van der Waals surface area contributed by atoms with E-state index in [9.17, 15) is 0 Å². The highest BCUT2D eigenvalue weighted by molar-refractivity contribution is 9.10. The molecule has 1 atom stereocenters. The van der Waals surface area contributed by atoms with Crippen LogP contribution in [-0.2, 0) is 0 Å². The van der Waals surface area contributed by atoms with Crippen LogP contribution in [0.25, 0.3) is 0 Å². The quantitative estimate of drug-likeness (QED) is 0.754. The van der Waals surface area contributed by atoms with Gasteiger partial charge in [0.2, 0.25) is 0 Å². The van der Waals surface area contributed by atoms with Crippen LogP contribution in [0.15, 0.2) is 53.3 Å². The average Bonchev–Trinajstić information content (AvgIpc) is 2.40. The lowest BCUT2D eigenvalue weighted by Gasteiger charge is -2.28. The third-order valence-electron chi connectivity index (χ3n) is 3.11. The maximum Gasteiger partial charge on any atom is 0.129 e. The van der Waals surface area contributed by atoms with Crippen molar-refractivity contribution in [3.63, 3.8) is 0 Å². The third-order valence-corrected chi connectivity index (χ3v) is 3.74. The molecule has 1 unspecified atom stereocenters. The van der Waals surface area contributed by atoms with E-state index in [1.165, 1.54) is 5.56 Å². The smallest absolute Gasteiger partial charge is 0.129 e. The van der Waals surface area contributed by atoms with Gasteiger partial charge >= 0.3 is 0 Å². The number of aromatic nitrogens is 1. The summed E-state index contributed by atoms with van der Waals surface area (Å²) in [6.07, 6.45) is 2.84. The number of benzene rings is 1. The molecule has 0 aliphatic carbocycles. The Bertz CT molecular complexity index is 546. The minimum atomic E-state index is 0.252. The first-order chi connectivity index (χ1) is 9.46. The number of pyridine rings is 1. The topological polar surface area (TPSA) is 24.9 Å². The number of nitrogens with one attached hydrogen (secondary N) is 1. The van der Waals surface area contributed by atoms with Gasteiger partial charge in [-0.2, -0.15) is 0 Å². The van der Waals surface area contributed by atoms with E-state index in [4.69, 9.17) is 0 Å². The summed E-state index contributed by atoms with van der Waals surface area (Å²) in [5.74, 6) is 0. The minimum Gasteiger partial charge on any atom is -0.376 e. The van der Waals surface area contributed by atoms with Gasteiger partial charge in [0.15, 0.2) is 0 Å². The normalized spacial score (nSPS) is 13.0. The molecule has 0 radical (unpaired) electrons. The van der Waals surface area contributed by atoms with Crippen molar-refractivity contribution in [1.29, 1.82) is 0 Å². The molecular formula is C17H21BrN2. The molecule has 20 heavy (non-hydrogen) atoms. The lowest BCUT2D eigenvalue weighted by molar-refractivity contribution is 0.352. The summed E-state index contributed by atoms with van der Waals surface area (Å²) in [4.78, 5) is 4.28. The zero-order valence-electron chi connectivity index (χ0n) is 12.2. The number of anilines is 1. The van der Waals surface area contributed by atoms with Crippen LogP contribution in [0.5, 0.6) is 0 Å². The van der Waals surface area contributed by atoms with Gasteiger partial charge < -0.3 is 5.32 Å². The van der Waals surface area contributed by atoms with Crippen LogP contribution in [0.2, 0.25) is 0 Å². The van der Waals surface area contributed by atoms with E-state index < -0.39 is 0 Å². The van der Waals surface area contributed by atoms with Gasteiger partial charge in [0, 0.05) is 6.20 Å². The molecule has 0 saturated heterocycles. The molecule has 0 amide bonds. The van der Waals surface area contributed by atoms with E-state index in [1.807, 2.05) is 6.07 Å². The van der Waals surface area contributed by atoms with Crippen molar-refractivity contribution in [3.8, 4) is 0 Å². The summed E-state index contributed by atoms with van der Waals surface area (Å²) < 4.78 is 0.856. The summed E-state index contributed by atoms with van der Waals surface area (Å²) in [5, 5.41) is 3.61. The second-order valence-electron chi connectivity index (χ2n) is 6.21. The van der Waals surface area contributed by atoms with Gasteiger partial charge in [-0.15, -0.1) is 0 Å². The zero-order valence-corrected chi connectivity index (χ0v) is 13.8.